The van der Waals surface area contributed by atoms with Gasteiger partial charge in [-0.05, 0) is 12.5 Å². The number of nitro benzene ring substituents is 1. The molecule has 2 atom stereocenters. The van der Waals surface area contributed by atoms with E-state index in [9.17, 15) is 20.0 Å². The summed E-state index contributed by atoms with van der Waals surface area (Å²) < 4.78 is 0. The summed E-state index contributed by atoms with van der Waals surface area (Å²) in [5, 5.41) is 23.4. The van der Waals surface area contributed by atoms with Crippen LogP contribution in [0.15, 0.2) is 24.3 Å². The molecule has 1 aromatic rings. The van der Waals surface area contributed by atoms with Crippen molar-refractivity contribution in [3.8, 4) is 0 Å². The zero-order valence-corrected chi connectivity index (χ0v) is 15.2. The fraction of sp³-hybridized carbons (Fsp3) is 0.533. The highest BCUT2D eigenvalue weighted by Crippen LogP contribution is 2.22. The van der Waals surface area contributed by atoms with Crippen LogP contribution < -0.4 is 10.2 Å². The van der Waals surface area contributed by atoms with Gasteiger partial charge >= 0.3 is 0 Å². The average Bonchev–Trinajstić information content (AvgIpc) is 3.01. The van der Waals surface area contributed by atoms with Crippen LogP contribution in [0.1, 0.15) is 6.42 Å². The van der Waals surface area contributed by atoms with Gasteiger partial charge in [-0.25, -0.2) is 0 Å². The van der Waals surface area contributed by atoms with Crippen LogP contribution in [0.4, 0.5) is 11.4 Å². The summed E-state index contributed by atoms with van der Waals surface area (Å²) >= 11 is 0. The molecule has 2 aliphatic rings. The summed E-state index contributed by atoms with van der Waals surface area (Å²) in [5.74, 6) is 0.0280. The van der Waals surface area contributed by atoms with Gasteiger partial charge in [-0.1, -0.05) is 6.07 Å². The number of non-ortho nitro benzene ring substituents is 1. The third-order valence-corrected chi connectivity index (χ3v) is 4.40. The maximum absolute atomic E-state index is 12.4. The first-order valence-corrected chi connectivity index (χ1v) is 7.74. The summed E-state index contributed by atoms with van der Waals surface area (Å²) in [4.78, 5) is 26.7. The van der Waals surface area contributed by atoms with Crippen molar-refractivity contribution in [2.75, 3.05) is 37.6 Å². The van der Waals surface area contributed by atoms with Gasteiger partial charge in [0.25, 0.3) is 5.69 Å². The van der Waals surface area contributed by atoms with Crippen molar-refractivity contribution in [3.05, 3.63) is 34.4 Å². The third-order valence-electron chi connectivity index (χ3n) is 4.40. The molecule has 0 aromatic heterocycles. The largest absolute Gasteiger partial charge is 0.392 e. The predicted octanol–water partition coefficient (Wildman–Crippen LogP) is 0.810. The lowest BCUT2D eigenvalue weighted by Gasteiger charge is -2.37. The molecule has 0 bridgehead atoms. The number of piperazine rings is 1. The lowest BCUT2D eigenvalue weighted by molar-refractivity contribution is -0.384. The Bertz CT molecular complexity index is 611. The SMILES string of the molecule is Cl.Cl.O=C(C1CC(O)CN1)N1CCN(c2cccc([N+](=O)[O-])c2)CC1. The molecular weight excluding hydrogens is 371 g/mol. The van der Waals surface area contributed by atoms with Crippen LogP contribution in [0.25, 0.3) is 0 Å². The Morgan fingerprint density at radius 1 is 1.24 bits per heavy atom. The van der Waals surface area contributed by atoms with Gasteiger partial charge in [0.1, 0.15) is 0 Å². The van der Waals surface area contributed by atoms with E-state index in [1.165, 1.54) is 6.07 Å². The summed E-state index contributed by atoms with van der Waals surface area (Å²) in [6.07, 6.45) is 0.0133. The summed E-state index contributed by atoms with van der Waals surface area (Å²) in [6.45, 7) is 2.90. The molecule has 2 aliphatic heterocycles. The minimum absolute atomic E-state index is 0. The van der Waals surface area contributed by atoms with Crippen LogP contribution in [0, 0.1) is 10.1 Å². The standard InChI is InChI=1S/C15H20N4O4.2ClH/c20-13-9-14(16-10-13)15(21)18-6-4-17(5-7-18)11-2-1-3-12(8-11)19(22)23;;/h1-3,8,13-14,16,20H,4-7,9-10H2;2*1H. The lowest BCUT2D eigenvalue weighted by atomic mass is 10.1. The fourth-order valence-electron chi connectivity index (χ4n) is 3.11. The first-order valence-electron chi connectivity index (χ1n) is 7.74. The molecule has 140 valence electrons. The molecule has 2 fully saturated rings. The number of anilines is 1. The lowest BCUT2D eigenvalue weighted by Crippen LogP contribution is -2.53. The molecular formula is C15H22Cl2N4O4. The molecule has 8 nitrogen and oxygen atoms in total. The first kappa shape index (κ1) is 21.4. The molecule has 10 heteroatoms. The molecule has 3 rings (SSSR count). The molecule has 0 radical (unpaired) electrons. The fourth-order valence-corrected chi connectivity index (χ4v) is 3.11. The number of hydrogen-bond donors (Lipinski definition) is 2. The predicted molar refractivity (Wildman–Crippen MR) is 98.8 cm³/mol. The van der Waals surface area contributed by atoms with Gasteiger partial charge in [0.05, 0.1) is 17.1 Å². The van der Waals surface area contributed by atoms with E-state index in [0.717, 1.165) is 5.69 Å². The second kappa shape index (κ2) is 9.19. The zero-order valence-electron chi connectivity index (χ0n) is 13.5. The Hall–Kier alpha value is -1.61. The molecule has 2 unspecified atom stereocenters. The number of nitrogens with zero attached hydrogens (tertiary/aromatic N) is 3. The Kier molecular flexibility index (Phi) is 7.88. The molecule has 0 aliphatic carbocycles. The first-order chi connectivity index (χ1) is 11.0. The van der Waals surface area contributed by atoms with Crippen LogP contribution >= 0.6 is 24.8 Å². The van der Waals surface area contributed by atoms with E-state index in [1.54, 1.807) is 17.0 Å². The number of β-amino-alcohol motifs (C(OH)–C–C–N with tert-alkyl or cyclic N) is 1. The van der Waals surface area contributed by atoms with Crippen molar-refractivity contribution in [2.45, 2.75) is 18.6 Å². The maximum atomic E-state index is 12.4. The Labute approximate surface area is 158 Å². The number of aliphatic hydroxyl groups is 1. The summed E-state index contributed by atoms with van der Waals surface area (Å²) in [7, 11) is 0. The van der Waals surface area contributed by atoms with Crippen LogP contribution in [-0.4, -0.2) is 65.7 Å². The molecule has 25 heavy (non-hydrogen) atoms. The quantitative estimate of drug-likeness (QED) is 0.583. The van der Waals surface area contributed by atoms with Gasteiger partial charge in [-0.15, -0.1) is 24.8 Å². The van der Waals surface area contributed by atoms with Gasteiger partial charge < -0.3 is 20.2 Å². The Morgan fingerprint density at radius 3 is 2.48 bits per heavy atom. The smallest absolute Gasteiger partial charge is 0.271 e. The number of nitro groups is 1. The number of halogens is 2. The molecule has 1 aromatic carbocycles. The number of aliphatic hydroxyl groups excluding tert-OH is 1. The monoisotopic (exact) mass is 392 g/mol. The highest BCUT2D eigenvalue weighted by atomic mass is 35.5. The third kappa shape index (κ3) is 4.94. The Balaban J connectivity index is 0.00000156. The van der Waals surface area contributed by atoms with Crippen LogP contribution in [-0.2, 0) is 4.79 Å². The average molecular weight is 393 g/mol. The summed E-state index contributed by atoms with van der Waals surface area (Å²) in [5.41, 5.74) is 0.880. The van der Waals surface area contributed by atoms with E-state index >= 15 is 0 Å². The molecule has 2 N–H and O–H groups in total. The number of benzene rings is 1. The molecule has 1 amide bonds. The molecule has 0 saturated carbocycles. The second-order valence-corrected chi connectivity index (χ2v) is 5.94. The van der Waals surface area contributed by atoms with Crippen molar-refractivity contribution in [2.24, 2.45) is 0 Å². The number of nitrogens with one attached hydrogen (secondary N) is 1. The number of amides is 1. The van der Waals surface area contributed by atoms with Crippen LogP contribution in [0.5, 0.6) is 0 Å². The van der Waals surface area contributed by atoms with Gasteiger partial charge in [0.15, 0.2) is 0 Å². The number of carbonyl (C=O) groups is 1. The van der Waals surface area contributed by atoms with E-state index in [2.05, 4.69) is 5.32 Å². The molecule has 2 heterocycles. The van der Waals surface area contributed by atoms with Crippen molar-refractivity contribution in [1.82, 2.24) is 10.2 Å². The van der Waals surface area contributed by atoms with Crippen molar-refractivity contribution >= 4 is 42.1 Å². The maximum Gasteiger partial charge on any atom is 0.271 e. The van der Waals surface area contributed by atoms with E-state index in [4.69, 9.17) is 0 Å². The minimum Gasteiger partial charge on any atom is -0.392 e. The minimum atomic E-state index is -0.449. The highest BCUT2D eigenvalue weighted by molar-refractivity contribution is 5.85. The molecule has 0 spiro atoms. The van der Waals surface area contributed by atoms with Gasteiger partial charge in [0.2, 0.25) is 5.91 Å². The Morgan fingerprint density at radius 2 is 1.92 bits per heavy atom. The van der Waals surface area contributed by atoms with Crippen molar-refractivity contribution in [3.63, 3.8) is 0 Å². The van der Waals surface area contributed by atoms with Crippen LogP contribution in [0.3, 0.4) is 0 Å². The molecule has 2 saturated heterocycles. The van der Waals surface area contributed by atoms with E-state index in [1.807, 2.05) is 11.0 Å². The second-order valence-electron chi connectivity index (χ2n) is 5.94. The summed E-state index contributed by atoms with van der Waals surface area (Å²) in [6, 6.07) is 6.26. The number of carbonyl (C=O) groups excluding carboxylic acids is 1. The van der Waals surface area contributed by atoms with E-state index < -0.39 is 11.0 Å². The highest BCUT2D eigenvalue weighted by Gasteiger charge is 2.32. The number of hydrogen-bond acceptors (Lipinski definition) is 6. The van der Waals surface area contributed by atoms with Crippen LogP contribution in [0.2, 0.25) is 0 Å². The van der Waals surface area contributed by atoms with Gasteiger partial charge in [-0.2, -0.15) is 0 Å². The van der Waals surface area contributed by atoms with E-state index in [-0.39, 0.29) is 42.5 Å². The van der Waals surface area contributed by atoms with E-state index in [0.29, 0.717) is 39.1 Å². The zero-order chi connectivity index (χ0) is 16.4. The van der Waals surface area contributed by atoms with Crippen molar-refractivity contribution < 1.29 is 14.8 Å². The topological polar surface area (TPSA) is 99.0 Å². The van der Waals surface area contributed by atoms with Gasteiger partial charge in [-0.3, -0.25) is 14.9 Å². The number of rotatable bonds is 3. The van der Waals surface area contributed by atoms with Gasteiger partial charge in [0, 0.05) is 50.5 Å². The normalized spacial score (nSPS) is 22.8. The van der Waals surface area contributed by atoms with Crippen molar-refractivity contribution in [1.29, 1.82) is 0 Å².